The number of benzene rings is 1. The minimum absolute atomic E-state index is 0.533. The molecule has 0 amide bonds. The maximum absolute atomic E-state index is 6.36. The van der Waals surface area contributed by atoms with Crippen LogP contribution in [0.3, 0.4) is 0 Å². The number of aromatic nitrogens is 5. The molecule has 0 radical (unpaired) electrons. The zero-order valence-electron chi connectivity index (χ0n) is 11.7. The zero-order valence-corrected chi connectivity index (χ0v) is 12.4. The molecule has 3 heterocycles. The number of rotatable bonds is 1. The monoisotopic (exact) mass is 310 g/mol. The van der Waals surface area contributed by atoms with E-state index in [0.29, 0.717) is 16.4 Å². The Balaban J connectivity index is 2.27. The molecule has 0 saturated carbocycles. The number of aryl methyl sites for hydroxylation is 1. The number of anilines is 1. The molecule has 4 aromatic rings. The Morgan fingerprint density at radius 2 is 1.91 bits per heavy atom. The van der Waals surface area contributed by atoms with Gasteiger partial charge in [-0.15, -0.1) is 10.2 Å². The van der Waals surface area contributed by atoms with Gasteiger partial charge in [-0.05, 0) is 25.1 Å². The molecule has 1 aromatic carbocycles. The van der Waals surface area contributed by atoms with E-state index in [0.717, 1.165) is 27.9 Å². The Morgan fingerprint density at radius 3 is 2.68 bits per heavy atom. The Bertz CT molecular complexity index is 1010. The predicted octanol–water partition coefficient (Wildman–Crippen LogP) is 2.88. The molecule has 3 aromatic heterocycles. The summed E-state index contributed by atoms with van der Waals surface area (Å²) in [6.07, 6.45) is 4.92. The second-order valence-corrected chi connectivity index (χ2v) is 5.42. The number of pyridine rings is 1. The average Bonchev–Trinajstić information content (AvgIpc) is 2.91. The first-order valence-electron chi connectivity index (χ1n) is 6.64. The first-order chi connectivity index (χ1) is 10.7. The lowest BCUT2D eigenvalue weighted by Crippen LogP contribution is -2.01. The number of hydrogen-bond acceptors (Lipinski definition) is 5. The van der Waals surface area contributed by atoms with Gasteiger partial charge in [-0.25, -0.2) is 9.97 Å². The van der Waals surface area contributed by atoms with Crippen LogP contribution in [-0.4, -0.2) is 24.6 Å². The van der Waals surface area contributed by atoms with Crippen LogP contribution in [0, 0.1) is 6.92 Å². The SMILES string of the molecule is Cc1nnc2c(N)c(-c3cncnc3)c3cc(Cl)ccc3n12. The van der Waals surface area contributed by atoms with Crippen LogP contribution in [0.4, 0.5) is 5.69 Å². The molecule has 0 aliphatic rings. The van der Waals surface area contributed by atoms with Gasteiger partial charge in [0.25, 0.3) is 0 Å². The van der Waals surface area contributed by atoms with Crippen molar-refractivity contribution >= 4 is 33.8 Å². The molecule has 2 N–H and O–H groups in total. The van der Waals surface area contributed by atoms with E-state index in [2.05, 4.69) is 20.2 Å². The van der Waals surface area contributed by atoms with Crippen LogP contribution in [0.5, 0.6) is 0 Å². The molecule has 4 rings (SSSR count). The average molecular weight is 311 g/mol. The molecule has 0 fully saturated rings. The summed E-state index contributed by atoms with van der Waals surface area (Å²) in [5.74, 6) is 0.768. The van der Waals surface area contributed by atoms with Gasteiger partial charge in [0.1, 0.15) is 12.2 Å². The minimum Gasteiger partial charge on any atom is -0.395 e. The Labute approximate surface area is 130 Å². The zero-order chi connectivity index (χ0) is 15.3. The first kappa shape index (κ1) is 13.0. The molecule has 0 atom stereocenters. The number of nitrogens with two attached hydrogens (primary N) is 1. The lowest BCUT2D eigenvalue weighted by atomic mass is 10.0. The molecule has 7 heteroatoms. The number of nitrogens with zero attached hydrogens (tertiary/aromatic N) is 5. The molecule has 0 aliphatic heterocycles. The van der Waals surface area contributed by atoms with Crippen LogP contribution in [-0.2, 0) is 0 Å². The maximum atomic E-state index is 6.36. The van der Waals surface area contributed by atoms with Gasteiger partial charge in [-0.2, -0.15) is 0 Å². The molecule has 108 valence electrons. The molecule has 0 aliphatic carbocycles. The third-order valence-electron chi connectivity index (χ3n) is 3.65. The smallest absolute Gasteiger partial charge is 0.185 e. The van der Waals surface area contributed by atoms with Crippen molar-refractivity contribution < 1.29 is 0 Å². The summed E-state index contributed by atoms with van der Waals surface area (Å²) < 4.78 is 1.92. The van der Waals surface area contributed by atoms with Gasteiger partial charge >= 0.3 is 0 Å². The Morgan fingerprint density at radius 1 is 1.14 bits per heavy atom. The molecule has 6 nitrogen and oxygen atoms in total. The lowest BCUT2D eigenvalue weighted by molar-refractivity contribution is 1.02. The van der Waals surface area contributed by atoms with Gasteiger partial charge in [-0.1, -0.05) is 11.6 Å². The molecule has 0 unspecified atom stereocenters. The second kappa shape index (κ2) is 4.64. The minimum atomic E-state index is 0.533. The van der Waals surface area contributed by atoms with Gasteiger partial charge in [0, 0.05) is 33.9 Å². The Kier molecular flexibility index (Phi) is 2.74. The number of nitrogen functional groups attached to an aromatic ring is 1. The van der Waals surface area contributed by atoms with E-state index >= 15 is 0 Å². The van der Waals surface area contributed by atoms with Crippen molar-refractivity contribution in [3.05, 3.63) is 47.8 Å². The normalized spacial score (nSPS) is 11.4. The molecule has 0 saturated heterocycles. The predicted molar refractivity (Wildman–Crippen MR) is 85.7 cm³/mol. The summed E-state index contributed by atoms with van der Waals surface area (Å²) in [4.78, 5) is 8.15. The van der Waals surface area contributed by atoms with Gasteiger partial charge in [-0.3, -0.25) is 4.40 Å². The van der Waals surface area contributed by atoms with Crippen molar-refractivity contribution in [3.8, 4) is 11.1 Å². The number of halogens is 1. The van der Waals surface area contributed by atoms with Crippen molar-refractivity contribution in [3.63, 3.8) is 0 Å². The fourth-order valence-electron chi connectivity index (χ4n) is 2.72. The standard InChI is InChI=1S/C15H11ClN6/c1-8-20-21-15-14(17)13(9-5-18-7-19-6-9)11-4-10(16)2-3-12(11)22(8)15/h2-7H,17H2,1H3. The van der Waals surface area contributed by atoms with Crippen LogP contribution >= 0.6 is 11.6 Å². The quantitative estimate of drug-likeness (QED) is 0.584. The Hall–Kier alpha value is -2.73. The highest BCUT2D eigenvalue weighted by molar-refractivity contribution is 6.31. The molecule has 0 spiro atoms. The van der Waals surface area contributed by atoms with E-state index in [1.807, 2.05) is 29.5 Å². The largest absolute Gasteiger partial charge is 0.395 e. The molecular formula is C15H11ClN6. The number of fused-ring (bicyclic) bond motifs is 3. The van der Waals surface area contributed by atoms with Crippen LogP contribution in [0.15, 0.2) is 36.9 Å². The summed E-state index contributed by atoms with van der Waals surface area (Å²) in [5, 5.41) is 9.87. The van der Waals surface area contributed by atoms with Crippen molar-refractivity contribution in [1.29, 1.82) is 0 Å². The second-order valence-electron chi connectivity index (χ2n) is 4.98. The van der Waals surface area contributed by atoms with Crippen LogP contribution in [0.1, 0.15) is 5.82 Å². The maximum Gasteiger partial charge on any atom is 0.185 e. The third-order valence-corrected chi connectivity index (χ3v) is 3.89. The lowest BCUT2D eigenvalue weighted by Gasteiger charge is -2.13. The van der Waals surface area contributed by atoms with Gasteiger partial charge < -0.3 is 5.73 Å². The van der Waals surface area contributed by atoms with E-state index in [1.54, 1.807) is 12.4 Å². The van der Waals surface area contributed by atoms with E-state index < -0.39 is 0 Å². The highest BCUT2D eigenvalue weighted by Gasteiger charge is 2.17. The summed E-state index contributed by atoms with van der Waals surface area (Å²) in [6, 6.07) is 5.66. The van der Waals surface area contributed by atoms with Crippen LogP contribution < -0.4 is 5.73 Å². The summed E-state index contributed by atoms with van der Waals surface area (Å²) in [5.41, 5.74) is 10.1. The number of hydrogen-bond donors (Lipinski definition) is 1. The fourth-order valence-corrected chi connectivity index (χ4v) is 2.90. The van der Waals surface area contributed by atoms with Gasteiger partial charge in [0.2, 0.25) is 0 Å². The van der Waals surface area contributed by atoms with E-state index in [4.69, 9.17) is 17.3 Å². The van der Waals surface area contributed by atoms with Crippen LogP contribution in [0.25, 0.3) is 27.7 Å². The highest BCUT2D eigenvalue weighted by atomic mass is 35.5. The summed E-state index contributed by atoms with van der Waals surface area (Å²) in [6.45, 7) is 1.89. The van der Waals surface area contributed by atoms with E-state index in [9.17, 15) is 0 Å². The van der Waals surface area contributed by atoms with Crippen molar-refractivity contribution in [2.24, 2.45) is 0 Å². The van der Waals surface area contributed by atoms with E-state index in [-0.39, 0.29) is 0 Å². The topological polar surface area (TPSA) is 82.0 Å². The fraction of sp³-hybridized carbons (Fsp3) is 0.0667. The summed E-state index contributed by atoms with van der Waals surface area (Å²) >= 11 is 6.18. The van der Waals surface area contributed by atoms with Crippen molar-refractivity contribution in [1.82, 2.24) is 24.6 Å². The van der Waals surface area contributed by atoms with Crippen molar-refractivity contribution in [2.75, 3.05) is 5.73 Å². The van der Waals surface area contributed by atoms with Gasteiger partial charge in [0.15, 0.2) is 5.65 Å². The molecular weight excluding hydrogens is 300 g/mol. The first-order valence-corrected chi connectivity index (χ1v) is 7.02. The summed E-state index contributed by atoms with van der Waals surface area (Å²) in [7, 11) is 0. The van der Waals surface area contributed by atoms with Crippen molar-refractivity contribution in [2.45, 2.75) is 6.92 Å². The third kappa shape index (κ3) is 1.74. The molecule has 0 bridgehead atoms. The van der Waals surface area contributed by atoms with Gasteiger partial charge in [0.05, 0.1) is 11.2 Å². The molecule has 22 heavy (non-hydrogen) atoms. The van der Waals surface area contributed by atoms with Crippen LogP contribution in [0.2, 0.25) is 5.02 Å². The van der Waals surface area contributed by atoms with E-state index in [1.165, 1.54) is 6.33 Å². The highest BCUT2D eigenvalue weighted by Crippen LogP contribution is 2.37.